The third-order valence-electron chi connectivity index (χ3n) is 13.1. The molecule has 302 valence electrons. The molecule has 0 spiro atoms. The molecule has 0 N–H and O–H groups in total. The highest BCUT2D eigenvalue weighted by Crippen LogP contribution is 2.52. The molecule has 1 aliphatic carbocycles. The van der Waals surface area contributed by atoms with E-state index in [2.05, 4.69) is 226 Å². The standard InChI is InChI=1S/C61H42N2S/c1-61(2)53-28-13-11-24-52(53)58-48(25-16-29-54(58)61)40-31-33-41(34-32-40)55-38-56(63-60(62-55)42-19-7-4-8-20-42)45-36-43(47-22-10-9-21-46(47)39-17-5-3-6-18-39)35-44(37-45)49-26-15-27-51-50-23-12-14-30-57(50)64-59(49)51/h3-38H,1-2H3. The second-order valence-electron chi connectivity index (χ2n) is 17.3. The zero-order valence-corrected chi connectivity index (χ0v) is 36.4. The Labute approximate surface area is 377 Å². The summed E-state index contributed by atoms with van der Waals surface area (Å²) >= 11 is 1.86. The molecule has 0 radical (unpaired) electrons. The highest BCUT2D eigenvalue weighted by Gasteiger charge is 2.36. The smallest absolute Gasteiger partial charge is 0.160 e. The van der Waals surface area contributed by atoms with Gasteiger partial charge < -0.3 is 0 Å². The summed E-state index contributed by atoms with van der Waals surface area (Å²) in [5, 5.41) is 2.57. The van der Waals surface area contributed by atoms with Gasteiger partial charge in [-0.15, -0.1) is 11.3 Å². The first-order valence-electron chi connectivity index (χ1n) is 22.0. The van der Waals surface area contributed by atoms with Crippen molar-refractivity contribution in [3.63, 3.8) is 0 Å². The number of hydrogen-bond donors (Lipinski definition) is 0. The second-order valence-corrected chi connectivity index (χ2v) is 18.3. The number of thiophene rings is 1. The SMILES string of the molecule is CC1(C)c2ccccc2-c2c(-c3ccc(-c4cc(-c5cc(-c6ccccc6-c6ccccc6)cc(-c6cccc7c6sc6ccccc67)c5)nc(-c5ccccc5)n4)cc3)cccc21. The molecule has 64 heavy (non-hydrogen) atoms. The molecule has 0 bridgehead atoms. The number of benzene rings is 9. The topological polar surface area (TPSA) is 25.8 Å². The lowest BCUT2D eigenvalue weighted by Gasteiger charge is -2.21. The first-order chi connectivity index (χ1) is 31.5. The van der Waals surface area contributed by atoms with Crippen molar-refractivity contribution in [2.24, 2.45) is 0 Å². The van der Waals surface area contributed by atoms with Crippen molar-refractivity contribution in [1.29, 1.82) is 0 Å². The minimum atomic E-state index is -0.0573. The van der Waals surface area contributed by atoms with Crippen molar-refractivity contribution in [1.82, 2.24) is 9.97 Å². The molecule has 0 saturated carbocycles. The van der Waals surface area contributed by atoms with Gasteiger partial charge in [-0.25, -0.2) is 9.97 Å². The van der Waals surface area contributed by atoms with Crippen molar-refractivity contribution < 1.29 is 0 Å². The highest BCUT2D eigenvalue weighted by atomic mass is 32.1. The summed E-state index contributed by atoms with van der Waals surface area (Å²) in [6.45, 7) is 4.68. The van der Waals surface area contributed by atoms with Gasteiger partial charge in [0.2, 0.25) is 0 Å². The molecule has 2 aromatic heterocycles. The molecule has 0 atom stereocenters. The van der Waals surface area contributed by atoms with Crippen LogP contribution in [0.1, 0.15) is 25.0 Å². The lowest BCUT2D eigenvalue weighted by atomic mass is 9.82. The molecule has 2 nitrogen and oxygen atoms in total. The summed E-state index contributed by atoms with van der Waals surface area (Å²) < 4.78 is 2.58. The molecule has 2 heterocycles. The zero-order chi connectivity index (χ0) is 42.8. The van der Waals surface area contributed by atoms with Gasteiger partial charge in [0.25, 0.3) is 0 Å². The molecule has 9 aromatic carbocycles. The molecule has 3 heteroatoms. The maximum atomic E-state index is 5.38. The third-order valence-corrected chi connectivity index (χ3v) is 14.3. The van der Waals surface area contributed by atoms with Crippen LogP contribution in [0.15, 0.2) is 218 Å². The molecule has 0 saturated heterocycles. The van der Waals surface area contributed by atoms with E-state index in [1.54, 1.807) is 0 Å². The van der Waals surface area contributed by atoms with E-state index in [1.807, 2.05) is 17.4 Å². The number of rotatable bonds is 7. The maximum Gasteiger partial charge on any atom is 0.160 e. The van der Waals surface area contributed by atoms with Crippen molar-refractivity contribution in [3.05, 3.63) is 230 Å². The van der Waals surface area contributed by atoms with Crippen LogP contribution >= 0.6 is 11.3 Å². The van der Waals surface area contributed by atoms with E-state index in [4.69, 9.17) is 9.97 Å². The monoisotopic (exact) mass is 834 g/mol. The van der Waals surface area contributed by atoms with Gasteiger partial charge in [-0.3, -0.25) is 0 Å². The van der Waals surface area contributed by atoms with E-state index < -0.39 is 0 Å². The molecule has 1 aliphatic rings. The number of hydrogen-bond acceptors (Lipinski definition) is 3. The van der Waals surface area contributed by atoms with Gasteiger partial charge in [0.05, 0.1) is 11.4 Å². The Hall–Kier alpha value is -7.72. The molecule has 0 aliphatic heterocycles. The van der Waals surface area contributed by atoms with E-state index in [1.165, 1.54) is 75.8 Å². The minimum Gasteiger partial charge on any atom is -0.228 e. The normalized spacial score (nSPS) is 12.7. The fraction of sp³-hybridized carbons (Fsp3) is 0.0492. The van der Waals surface area contributed by atoms with Gasteiger partial charge in [-0.05, 0) is 97.1 Å². The van der Waals surface area contributed by atoms with E-state index in [9.17, 15) is 0 Å². The van der Waals surface area contributed by atoms with Gasteiger partial charge in [0.1, 0.15) is 0 Å². The number of fused-ring (bicyclic) bond motifs is 6. The summed E-state index contributed by atoms with van der Waals surface area (Å²) in [6.07, 6.45) is 0. The second kappa shape index (κ2) is 15.3. The average Bonchev–Trinajstić information content (AvgIpc) is 3.86. The van der Waals surface area contributed by atoms with Crippen molar-refractivity contribution in [2.45, 2.75) is 19.3 Å². The highest BCUT2D eigenvalue weighted by molar-refractivity contribution is 7.26. The number of nitrogens with zero attached hydrogens (tertiary/aromatic N) is 2. The van der Waals surface area contributed by atoms with Crippen LogP contribution < -0.4 is 0 Å². The Balaban J connectivity index is 1.04. The Bertz CT molecular complexity index is 3560. The Morgan fingerprint density at radius 1 is 0.344 bits per heavy atom. The largest absolute Gasteiger partial charge is 0.228 e. The number of aromatic nitrogens is 2. The molecule has 11 aromatic rings. The Morgan fingerprint density at radius 3 is 1.61 bits per heavy atom. The van der Waals surface area contributed by atoms with Crippen molar-refractivity contribution >= 4 is 31.5 Å². The fourth-order valence-electron chi connectivity index (χ4n) is 9.94. The summed E-state index contributed by atoms with van der Waals surface area (Å²) in [7, 11) is 0. The summed E-state index contributed by atoms with van der Waals surface area (Å²) in [6, 6.07) is 79.1. The van der Waals surface area contributed by atoms with Gasteiger partial charge in [-0.2, -0.15) is 0 Å². The molecule has 0 fully saturated rings. The van der Waals surface area contributed by atoms with Gasteiger partial charge in [-0.1, -0.05) is 202 Å². The molecular weight excluding hydrogens is 793 g/mol. The van der Waals surface area contributed by atoms with E-state index in [0.29, 0.717) is 5.82 Å². The maximum absolute atomic E-state index is 5.38. The lowest BCUT2D eigenvalue weighted by molar-refractivity contribution is 0.660. The molecular formula is C61H42N2S. The first kappa shape index (κ1) is 38.0. The van der Waals surface area contributed by atoms with E-state index in [-0.39, 0.29) is 5.41 Å². The predicted molar refractivity (Wildman–Crippen MR) is 271 cm³/mol. The predicted octanol–water partition coefficient (Wildman–Crippen LogP) is 16.8. The van der Waals surface area contributed by atoms with Gasteiger partial charge in [0, 0.05) is 42.3 Å². The van der Waals surface area contributed by atoms with Crippen molar-refractivity contribution in [2.75, 3.05) is 0 Å². The molecule has 0 amide bonds. The van der Waals surface area contributed by atoms with Crippen LogP contribution in [0, 0.1) is 0 Å². The third kappa shape index (κ3) is 6.39. The molecule has 12 rings (SSSR count). The Morgan fingerprint density at radius 2 is 0.844 bits per heavy atom. The van der Waals surface area contributed by atoms with Gasteiger partial charge >= 0.3 is 0 Å². The fourth-order valence-corrected chi connectivity index (χ4v) is 11.2. The average molecular weight is 835 g/mol. The van der Waals surface area contributed by atoms with E-state index in [0.717, 1.165) is 39.2 Å². The van der Waals surface area contributed by atoms with Crippen LogP contribution in [0.4, 0.5) is 0 Å². The van der Waals surface area contributed by atoms with Crippen LogP contribution in [0.2, 0.25) is 0 Å². The van der Waals surface area contributed by atoms with Crippen LogP contribution in [-0.4, -0.2) is 9.97 Å². The lowest BCUT2D eigenvalue weighted by Crippen LogP contribution is -2.14. The van der Waals surface area contributed by atoms with Crippen LogP contribution in [0.25, 0.3) is 110 Å². The minimum absolute atomic E-state index is 0.0573. The first-order valence-corrected chi connectivity index (χ1v) is 22.8. The summed E-state index contributed by atoms with van der Waals surface area (Å²) in [4.78, 5) is 10.7. The van der Waals surface area contributed by atoms with Crippen LogP contribution in [-0.2, 0) is 5.41 Å². The van der Waals surface area contributed by atoms with E-state index >= 15 is 0 Å². The molecule has 0 unspecified atom stereocenters. The Kier molecular flexibility index (Phi) is 9.06. The summed E-state index contributed by atoms with van der Waals surface area (Å²) in [5.74, 6) is 0.695. The quantitative estimate of drug-likeness (QED) is 0.160. The summed E-state index contributed by atoms with van der Waals surface area (Å²) in [5.41, 5.74) is 19.7. The van der Waals surface area contributed by atoms with Crippen molar-refractivity contribution in [3.8, 4) is 89.5 Å². The van der Waals surface area contributed by atoms with Crippen LogP contribution in [0.3, 0.4) is 0 Å². The van der Waals surface area contributed by atoms with Crippen LogP contribution in [0.5, 0.6) is 0 Å². The van der Waals surface area contributed by atoms with Gasteiger partial charge in [0.15, 0.2) is 5.82 Å². The zero-order valence-electron chi connectivity index (χ0n) is 35.6.